The summed E-state index contributed by atoms with van der Waals surface area (Å²) >= 11 is 0. The van der Waals surface area contributed by atoms with Gasteiger partial charge in [0.15, 0.2) is 5.60 Å². The summed E-state index contributed by atoms with van der Waals surface area (Å²) in [7, 11) is 0.960. The van der Waals surface area contributed by atoms with Gasteiger partial charge in [-0.1, -0.05) is 0 Å². The molecule has 0 aromatic rings. The molecule has 1 fully saturated rings. The topological polar surface area (TPSA) is 61.5 Å². The van der Waals surface area contributed by atoms with E-state index in [9.17, 15) is 18.0 Å². The minimum absolute atomic E-state index is 0.616. The highest BCUT2D eigenvalue weighted by Crippen LogP contribution is 2.52. The standard InChI is InChI=1S/C11H18F3NO3/c1-8(2,3)18-7(16)9(15)5-10(6-9,17-4)11(12,13)14/h5-6,15H2,1-4H3. The highest BCUT2D eigenvalue weighted by molar-refractivity contribution is 5.83. The van der Waals surface area contributed by atoms with Crippen LogP contribution in [0.3, 0.4) is 0 Å². The summed E-state index contributed by atoms with van der Waals surface area (Å²) in [5.41, 5.74) is 0.901. The Balaban J connectivity index is 2.77. The molecule has 0 atom stereocenters. The molecular formula is C11H18F3NO3. The zero-order valence-corrected chi connectivity index (χ0v) is 10.9. The lowest BCUT2D eigenvalue weighted by atomic mass is 9.64. The third-order valence-electron chi connectivity index (χ3n) is 2.91. The zero-order valence-electron chi connectivity index (χ0n) is 10.9. The maximum Gasteiger partial charge on any atom is 0.417 e. The van der Waals surface area contributed by atoms with E-state index < -0.39 is 41.7 Å². The Kier molecular flexibility index (Phi) is 3.47. The molecule has 1 saturated carbocycles. The number of hydrogen-bond acceptors (Lipinski definition) is 4. The van der Waals surface area contributed by atoms with Crippen molar-refractivity contribution in [3.05, 3.63) is 0 Å². The van der Waals surface area contributed by atoms with Gasteiger partial charge in [0.05, 0.1) is 0 Å². The molecule has 1 aliphatic carbocycles. The number of rotatable bonds is 2. The van der Waals surface area contributed by atoms with Crippen molar-refractivity contribution in [2.75, 3.05) is 7.11 Å². The fourth-order valence-electron chi connectivity index (χ4n) is 1.95. The number of ether oxygens (including phenoxy) is 2. The summed E-state index contributed by atoms with van der Waals surface area (Å²) < 4.78 is 47.8. The Bertz CT molecular complexity index is 340. The molecule has 0 spiro atoms. The zero-order chi connectivity index (χ0) is 14.4. The molecule has 2 N–H and O–H groups in total. The molecule has 0 aliphatic heterocycles. The predicted octanol–water partition coefficient (Wildman–Crippen LogP) is 1.77. The van der Waals surface area contributed by atoms with Gasteiger partial charge in [-0.2, -0.15) is 13.2 Å². The average Bonchev–Trinajstić information content (AvgIpc) is 2.07. The fourth-order valence-corrected chi connectivity index (χ4v) is 1.95. The Morgan fingerprint density at radius 3 is 1.94 bits per heavy atom. The van der Waals surface area contributed by atoms with Crippen molar-refractivity contribution in [1.29, 1.82) is 0 Å². The van der Waals surface area contributed by atoms with Crippen molar-refractivity contribution in [2.24, 2.45) is 5.73 Å². The number of nitrogens with two attached hydrogens (primary N) is 1. The Hall–Kier alpha value is -0.820. The van der Waals surface area contributed by atoms with Crippen molar-refractivity contribution in [3.63, 3.8) is 0 Å². The number of esters is 1. The number of carbonyl (C=O) groups excluding carboxylic acids is 1. The first-order valence-electron chi connectivity index (χ1n) is 5.49. The molecule has 0 unspecified atom stereocenters. The van der Waals surface area contributed by atoms with Gasteiger partial charge in [0, 0.05) is 20.0 Å². The second-order valence-electron chi connectivity index (χ2n) is 5.71. The summed E-state index contributed by atoms with van der Waals surface area (Å²) in [6, 6.07) is 0. The van der Waals surface area contributed by atoms with Crippen LogP contribution in [0.4, 0.5) is 13.2 Å². The van der Waals surface area contributed by atoms with E-state index in [0.717, 1.165) is 7.11 Å². The van der Waals surface area contributed by atoms with Crippen LogP contribution in [0.5, 0.6) is 0 Å². The fraction of sp³-hybridized carbons (Fsp3) is 0.909. The van der Waals surface area contributed by atoms with Crippen LogP contribution in [0.15, 0.2) is 0 Å². The second-order valence-corrected chi connectivity index (χ2v) is 5.71. The summed E-state index contributed by atoms with van der Waals surface area (Å²) in [6.07, 6.45) is -5.78. The molecule has 4 nitrogen and oxygen atoms in total. The maximum atomic E-state index is 12.8. The quantitative estimate of drug-likeness (QED) is 0.776. The van der Waals surface area contributed by atoms with Gasteiger partial charge in [-0.15, -0.1) is 0 Å². The summed E-state index contributed by atoms with van der Waals surface area (Å²) in [6.45, 7) is 4.88. The van der Waals surface area contributed by atoms with Crippen LogP contribution in [0.25, 0.3) is 0 Å². The largest absolute Gasteiger partial charge is 0.459 e. The van der Waals surface area contributed by atoms with Gasteiger partial charge >= 0.3 is 12.1 Å². The lowest BCUT2D eigenvalue weighted by Crippen LogP contribution is -2.72. The predicted molar refractivity (Wildman–Crippen MR) is 57.8 cm³/mol. The lowest BCUT2D eigenvalue weighted by Gasteiger charge is -2.52. The first-order chi connectivity index (χ1) is 7.85. The average molecular weight is 269 g/mol. The van der Waals surface area contributed by atoms with Gasteiger partial charge in [-0.25, -0.2) is 0 Å². The number of alkyl halides is 3. The summed E-state index contributed by atoms with van der Waals surface area (Å²) in [5.74, 6) is -0.827. The number of halogens is 3. The summed E-state index contributed by atoms with van der Waals surface area (Å²) in [5, 5.41) is 0. The molecule has 0 heterocycles. The van der Waals surface area contributed by atoms with Crippen LogP contribution in [-0.4, -0.2) is 36.0 Å². The van der Waals surface area contributed by atoms with E-state index in [2.05, 4.69) is 4.74 Å². The molecule has 0 bridgehead atoms. The third kappa shape index (κ3) is 2.61. The van der Waals surface area contributed by atoms with Crippen molar-refractivity contribution in [3.8, 4) is 0 Å². The van der Waals surface area contributed by atoms with E-state index in [1.54, 1.807) is 20.8 Å². The van der Waals surface area contributed by atoms with Crippen LogP contribution in [0, 0.1) is 0 Å². The molecule has 0 aromatic carbocycles. The van der Waals surface area contributed by atoms with E-state index in [0.29, 0.717) is 0 Å². The van der Waals surface area contributed by atoms with Crippen molar-refractivity contribution < 1.29 is 27.4 Å². The molecule has 1 rings (SSSR count). The minimum Gasteiger partial charge on any atom is -0.459 e. The first-order valence-corrected chi connectivity index (χ1v) is 5.49. The van der Waals surface area contributed by atoms with Crippen molar-refractivity contribution in [2.45, 2.75) is 56.5 Å². The van der Waals surface area contributed by atoms with E-state index in [1.807, 2.05) is 0 Å². The van der Waals surface area contributed by atoms with E-state index in [1.165, 1.54) is 0 Å². The first kappa shape index (κ1) is 15.2. The van der Waals surface area contributed by atoms with Gasteiger partial charge in [-0.3, -0.25) is 4.79 Å². The Morgan fingerprint density at radius 1 is 1.22 bits per heavy atom. The van der Waals surface area contributed by atoms with E-state index in [-0.39, 0.29) is 0 Å². The molecule has 0 aromatic heterocycles. The molecule has 0 amide bonds. The van der Waals surface area contributed by atoms with Crippen LogP contribution < -0.4 is 5.73 Å². The molecular weight excluding hydrogens is 251 g/mol. The Morgan fingerprint density at radius 2 is 1.67 bits per heavy atom. The van der Waals surface area contributed by atoms with E-state index >= 15 is 0 Å². The molecule has 0 radical (unpaired) electrons. The van der Waals surface area contributed by atoms with Crippen LogP contribution in [-0.2, 0) is 14.3 Å². The SMILES string of the molecule is COC1(C(F)(F)F)CC(N)(C(=O)OC(C)(C)C)C1. The highest BCUT2D eigenvalue weighted by Gasteiger charge is 2.70. The monoisotopic (exact) mass is 269 g/mol. The Labute approximate surface area is 104 Å². The van der Waals surface area contributed by atoms with E-state index in [4.69, 9.17) is 10.5 Å². The molecule has 1 aliphatic rings. The van der Waals surface area contributed by atoms with Gasteiger partial charge in [0.2, 0.25) is 0 Å². The lowest BCUT2D eigenvalue weighted by molar-refractivity contribution is -0.311. The van der Waals surface area contributed by atoms with Gasteiger partial charge in [-0.05, 0) is 20.8 Å². The van der Waals surface area contributed by atoms with Crippen LogP contribution in [0.1, 0.15) is 33.6 Å². The van der Waals surface area contributed by atoms with Gasteiger partial charge in [0.25, 0.3) is 0 Å². The number of methoxy groups -OCH3 is 1. The minimum atomic E-state index is -4.55. The van der Waals surface area contributed by atoms with Gasteiger partial charge in [0.1, 0.15) is 11.1 Å². The van der Waals surface area contributed by atoms with Gasteiger partial charge < -0.3 is 15.2 Å². The summed E-state index contributed by atoms with van der Waals surface area (Å²) in [4.78, 5) is 11.7. The normalized spacial score (nSPS) is 32.9. The van der Waals surface area contributed by atoms with Crippen LogP contribution >= 0.6 is 0 Å². The maximum absolute atomic E-state index is 12.8. The third-order valence-corrected chi connectivity index (χ3v) is 2.91. The van der Waals surface area contributed by atoms with Crippen molar-refractivity contribution >= 4 is 5.97 Å². The van der Waals surface area contributed by atoms with Crippen LogP contribution in [0.2, 0.25) is 0 Å². The molecule has 7 heteroatoms. The molecule has 18 heavy (non-hydrogen) atoms. The number of carbonyl (C=O) groups is 1. The molecule has 0 saturated heterocycles. The second kappa shape index (κ2) is 4.09. The highest BCUT2D eigenvalue weighted by atomic mass is 19.4. The van der Waals surface area contributed by atoms with Crippen molar-refractivity contribution in [1.82, 2.24) is 0 Å². The smallest absolute Gasteiger partial charge is 0.417 e. The number of hydrogen-bond donors (Lipinski definition) is 1. The molecule has 106 valence electrons.